The summed E-state index contributed by atoms with van der Waals surface area (Å²) in [5.41, 5.74) is 1.14. The van der Waals surface area contributed by atoms with Gasteiger partial charge in [0.25, 0.3) is 0 Å². The third-order valence-electron chi connectivity index (χ3n) is 3.83. The van der Waals surface area contributed by atoms with Crippen molar-refractivity contribution in [3.63, 3.8) is 0 Å². The second-order valence-corrected chi connectivity index (χ2v) is 8.65. The molecule has 0 radical (unpaired) electrons. The van der Waals surface area contributed by atoms with Crippen molar-refractivity contribution >= 4 is 9.84 Å². The molecule has 1 aromatic rings. The Morgan fingerprint density at radius 3 is 2.86 bits per heavy atom. The van der Waals surface area contributed by atoms with Crippen molar-refractivity contribution in [1.29, 1.82) is 0 Å². The van der Waals surface area contributed by atoms with Gasteiger partial charge in [-0.25, -0.2) is 8.42 Å². The highest BCUT2D eigenvalue weighted by Gasteiger charge is 2.30. The van der Waals surface area contributed by atoms with Crippen LogP contribution in [0.2, 0.25) is 0 Å². The van der Waals surface area contributed by atoms with Crippen molar-refractivity contribution in [1.82, 2.24) is 10.2 Å². The Balaban J connectivity index is 1.82. The van der Waals surface area contributed by atoms with E-state index in [4.69, 9.17) is 4.42 Å². The Morgan fingerprint density at radius 2 is 2.24 bits per heavy atom. The number of sulfone groups is 1. The Kier molecular flexibility index (Phi) is 5.46. The number of hydrogen-bond acceptors (Lipinski definition) is 5. The van der Waals surface area contributed by atoms with E-state index in [2.05, 4.69) is 24.1 Å². The van der Waals surface area contributed by atoms with Gasteiger partial charge in [0.1, 0.15) is 5.76 Å². The molecule has 0 bridgehead atoms. The summed E-state index contributed by atoms with van der Waals surface area (Å²) < 4.78 is 28.6. The summed E-state index contributed by atoms with van der Waals surface area (Å²) in [4.78, 5) is 2.08. The number of nitrogens with zero attached hydrogens (tertiary/aromatic N) is 1. The second kappa shape index (κ2) is 6.94. The van der Waals surface area contributed by atoms with Gasteiger partial charge in [0, 0.05) is 18.2 Å². The van der Waals surface area contributed by atoms with Gasteiger partial charge in [0.15, 0.2) is 9.84 Å². The molecular formula is C15H26N2O3S. The van der Waals surface area contributed by atoms with Gasteiger partial charge in [-0.2, -0.15) is 0 Å². The lowest BCUT2D eigenvalue weighted by Crippen LogP contribution is -2.31. The minimum absolute atomic E-state index is 0.114. The second-order valence-electron chi connectivity index (χ2n) is 6.42. The summed E-state index contributed by atoms with van der Waals surface area (Å²) in [6, 6.07) is 2.16. The van der Waals surface area contributed by atoms with Crippen molar-refractivity contribution in [3.05, 3.63) is 23.7 Å². The maximum absolute atomic E-state index is 11.5. The molecule has 0 amide bonds. The van der Waals surface area contributed by atoms with Crippen molar-refractivity contribution in [3.8, 4) is 0 Å². The molecule has 1 aromatic heterocycles. The Bertz CT molecular complexity index is 551. The van der Waals surface area contributed by atoms with Crippen LogP contribution in [0.15, 0.2) is 16.7 Å². The fourth-order valence-electron chi connectivity index (χ4n) is 2.60. The molecule has 2 heterocycles. The molecule has 1 unspecified atom stereocenters. The standard InChI is InChI=1S/C15H26N2O3S/c1-12(2)7-16-8-13-6-15(20-10-13)9-17(3)14-4-5-21(18,19)11-14/h6,10,12,14,16H,4-5,7-9,11H2,1-3H3. The largest absolute Gasteiger partial charge is 0.468 e. The highest BCUT2D eigenvalue weighted by Crippen LogP contribution is 2.19. The van der Waals surface area contributed by atoms with Crippen molar-refractivity contribution in [2.75, 3.05) is 25.1 Å². The van der Waals surface area contributed by atoms with Crippen LogP contribution in [0, 0.1) is 5.92 Å². The van der Waals surface area contributed by atoms with Gasteiger partial charge in [0.2, 0.25) is 0 Å². The van der Waals surface area contributed by atoms with Crippen LogP contribution in [0.3, 0.4) is 0 Å². The number of hydrogen-bond donors (Lipinski definition) is 1. The zero-order valence-corrected chi connectivity index (χ0v) is 13.9. The molecule has 1 aliphatic heterocycles. The zero-order valence-electron chi connectivity index (χ0n) is 13.1. The maximum atomic E-state index is 11.5. The molecular weight excluding hydrogens is 288 g/mol. The van der Waals surface area contributed by atoms with Crippen molar-refractivity contribution in [2.45, 2.75) is 39.4 Å². The summed E-state index contributed by atoms with van der Waals surface area (Å²) >= 11 is 0. The van der Waals surface area contributed by atoms with E-state index in [1.54, 1.807) is 6.26 Å². The molecule has 6 heteroatoms. The first-order chi connectivity index (χ1) is 9.85. The summed E-state index contributed by atoms with van der Waals surface area (Å²) in [6.07, 6.45) is 2.50. The van der Waals surface area contributed by atoms with E-state index in [1.165, 1.54) is 0 Å². The summed E-state index contributed by atoms with van der Waals surface area (Å²) in [6.45, 7) is 6.81. The lowest BCUT2D eigenvalue weighted by atomic mass is 10.2. The van der Waals surface area contributed by atoms with Gasteiger partial charge in [-0.05, 0) is 32.0 Å². The van der Waals surface area contributed by atoms with Gasteiger partial charge in [-0.15, -0.1) is 0 Å². The third-order valence-corrected chi connectivity index (χ3v) is 5.58. The maximum Gasteiger partial charge on any atom is 0.151 e. The van der Waals surface area contributed by atoms with E-state index in [0.717, 1.165) is 30.8 Å². The molecule has 1 atom stereocenters. The first-order valence-corrected chi connectivity index (χ1v) is 9.35. The first-order valence-electron chi connectivity index (χ1n) is 7.53. The Labute approximate surface area is 127 Å². The fraction of sp³-hybridized carbons (Fsp3) is 0.733. The topological polar surface area (TPSA) is 62.6 Å². The van der Waals surface area contributed by atoms with Gasteiger partial charge in [-0.1, -0.05) is 13.8 Å². The molecule has 5 nitrogen and oxygen atoms in total. The third kappa shape index (κ3) is 5.13. The van der Waals surface area contributed by atoms with E-state index >= 15 is 0 Å². The molecule has 0 aromatic carbocycles. The van der Waals surface area contributed by atoms with Crippen LogP contribution in [0.5, 0.6) is 0 Å². The summed E-state index contributed by atoms with van der Waals surface area (Å²) in [5.74, 6) is 2.10. The molecule has 2 rings (SSSR count). The molecule has 21 heavy (non-hydrogen) atoms. The van der Waals surface area contributed by atoms with Gasteiger partial charge >= 0.3 is 0 Å². The van der Waals surface area contributed by atoms with Crippen LogP contribution in [-0.2, 0) is 22.9 Å². The molecule has 0 aliphatic carbocycles. The average molecular weight is 314 g/mol. The monoisotopic (exact) mass is 314 g/mol. The number of nitrogens with one attached hydrogen (secondary N) is 1. The minimum Gasteiger partial charge on any atom is -0.468 e. The molecule has 0 saturated carbocycles. The zero-order chi connectivity index (χ0) is 15.5. The Morgan fingerprint density at radius 1 is 1.48 bits per heavy atom. The first kappa shape index (κ1) is 16.5. The van der Waals surface area contributed by atoms with Crippen LogP contribution in [-0.4, -0.2) is 44.5 Å². The molecule has 120 valence electrons. The molecule has 1 saturated heterocycles. The molecule has 1 N–H and O–H groups in total. The van der Waals surface area contributed by atoms with E-state index < -0.39 is 9.84 Å². The average Bonchev–Trinajstić information content (AvgIpc) is 2.95. The van der Waals surface area contributed by atoms with Crippen LogP contribution in [0.25, 0.3) is 0 Å². The Hall–Kier alpha value is -0.850. The molecule has 1 aliphatic rings. The van der Waals surface area contributed by atoms with E-state index in [1.807, 2.05) is 13.1 Å². The van der Waals surface area contributed by atoms with E-state index in [9.17, 15) is 8.42 Å². The van der Waals surface area contributed by atoms with E-state index in [0.29, 0.717) is 18.2 Å². The van der Waals surface area contributed by atoms with E-state index in [-0.39, 0.29) is 11.8 Å². The van der Waals surface area contributed by atoms with Crippen LogP contribution >= 0.6 is 0 Å². The summed E-state index contributed by atoms with van der Waals surface area (Å²) in [5, 5.41) is 3.38. The molecule has 0 spiro atoms. The van der Waals surface area contributed by atoms with Gasteiger partial charge < -0.3 is 9.73 Å². The normalized spacial score (nSPS) is 21.5. The molecule has 1 fully saturated rings. The fourth-order valence-corrected chi connectivity index (χ4v) is 4.41. The van der Waals surface area contributed by atoms with Crippen LogP contribution in [0.1, 0.15) is 31.6 Å². The quantitative estimate of drug-likeness (QED) is 0.829. The highest BCUT2D eigenvalue weighted by molar-refractivity contribution is 7.91. The minimum atomic E-state index is -2.83. The van der Waals surface area contributed by atoms with Crippen molar-refractivity contribution in [2.24, 2.45) is 5.92 Å². The predicted molar refractivity (Wildman–Crippen MR) is 83.8 cm³/mol. The number of furan rings is 1. The van der Waals surface area contributed by atoms with Gasteiger partial charge in [0.05, 0.1) is 24.3 Å². The lowest BCUT2D eigenvalue weighted by Gasteiger charge is -2.21. The van der Waals surface area contributed by atoms with Crippen LogP contribution < -0.4 is 5.32 Å². The smallest absolute Gasteiger partial charge is 0.151 e. The predicted octanol–water partition coefficient (Wildman–Crippen LogP) is 1.64. The number of rotatable bonds is 7. The summed E-state index contributed by atoms with van der Waals surface area (Å²) in [7, 11) is -0.867. The SMILES string of the molecule is CC(C)CNCc1coc(CN(C)C2CCS(=O)(=O)C2)c1. The van der Waals surface area contributed by atoms with Crippen molar-refractivity contribution < 1.29 is 12.8 Å². The lowest BCUT2D eigenvalue weighted by molar-refractivity contribution is 0.234. The highest BCUT2D eigenvalue weighted by atomic mass is 32.2. The van der Waals surface area contributed by atoms with Crippen LogP contribution in [0.4, 0.5) is 0 Å². The van der Waals surface area contributed by atoms with Gasteiger partial charge in [-0.3, -0.25) is 4.90 Å².